The molecule has 1 rings (SSSR count). The first-order valence-corrected chi connectivity index (χ1v) is 6.17. The first-order chi connectivity index (χ1) is 9.00. The minimum absolute atomic E-state index is 0.122. The number of nitrogens with zero attached hydrogens (tertiary/aromatic N) is 1. The van der Waals surface area contributed by atoms with Crippen molar-refractivity contribution in [2.24, 2.45) is 0 Å². The van der Waals surface area contributed by atoms with Crippen molar-refractivity contribution in [3.63, 3.8) is 0 Å². The van der Waals surface area contributed by atoms with E-state index in [0.717, 1.165) is 0 Å². The Morgan fingerprint density at radius 3 is 2.74 bits per heavy atom. The summed E-state index contributed by atoms with van der Waals surface area (Å²) in [6, 6.07) is 4.12. The van der Waals surface area contributed by atoms with Crippen LogP contribution in [0.3, 0.4) is 0 Å². The summed E-state index contributed by atoms with van der Waals surface area (Å²) in [5.74, 6) is -0.692. The van der Waals surface area contributed by atoms with Gasteiger partial charge in [-0.1, -0.05) is 11.6 Å². The molecule has 0 saturated heterocycles. The van der Waals surface area contributed by atoms with Crippen LogP contribution in [0.5, 0.6) is 5.75 Å². The van der Waals surface area contributed by atoms with Crippen LogP contribution in [0.2, 0.25) is 5.02 Å². The largest absolute Gasteiger partial charge is 0.487 e. The number of carboxylic acids is 1. The zero-order valence-corrected chi connectivity index (χ0v) is 10.9. The molecular weight excluding hydrogens is 274 g/mol. The van der Waals surface area contributed by atoms with Crippen LogP contribution < -0.4 is 4.74 Å². The molecule has 0 aliphatic rings. The summed E-state index contributed by atoms with van der Waals surface area (Å²) in [4.78, 5) is 20.5. The Hall–Kier alpha value is -1.82. The topological polar surface area (TPSA) is 89.7 Å². The number of hydrogen-bond acceptors (Lipinski definition) is 4. The van der Waals surface area contributed by atoms with Crippen molar-refractivity contribution in [1.82, 2.24) is 0 Å². The van der Waals surface area contributed by atoms with E-state index in [1.54, 1.807) is 0 Å². The van der Waals surface area contributed by atoms with Gasteiger partial charge >= 0.3 is 11.7 Å². The van der Waals surface area contributed by atoms with E-state index in [1.807, 2.05) is 0 Å². The average Bonchev–Trinajstić information content (AvgIpc) is 2.33. The third kappa shape index (κ3) is 5.56. The standard InChI is InChI=1S/C12H14ClNO5/c13-9-5-6-10(14(17)18)11(8-9)19-7-3-1-2-4-12(15)16/h5-6,8H,1-4,7H2,(H,15,16). The number of nitro groups is 1. The number of unbranched alkanes of at least 4 members (excludes halogenated alkanes) is 2. The highest BCUT2D eigenvalue weighted by Crippen LogP contribution is 2.30. The van der Waals surface area contributed by atoms with Crippen LogP contribution in [0, 0.1) is 10.1 Å². The van der Waals surface area contributed by atoms with Crippen molar-refractivity contribution in [1.29, 1.82) is 0 Å². The smallest absolute Gasteiger partial charge is 0.311 e. The predicted molar refractivity (Wildman–Crippen MR) is 69.7 cm³/mol. The molecule has 104 valence electrons. The van der Waals surface area contributed by atoms with Crippen LogP contribution in [-0.4, -0.2) is 22.6 Å². The van der Waals surface area contributed by atoms with Gasteiger partial charge in [0.05, 0.1) is 11.5 Å². The van der Waals surface area contributed by atoms with Gasteiger partial charge < -0.3 is 9.84 Å². The molecule has 1 aromatic rings. The maximum Gasteiger partial charge on any atom is 0.311 e. The summed E-state index contributed by atoms with van der Waals surface area (Å²) in [6.07, 6.45) is 2.02. The molecule has 0 atom stereocenters. The van der Waals surface area contributed by atoms with Crippen molar-refractivity contribution in [3.8, 4) is 5.75 Å². The van der Waals surface area contributed by atoms with Crippen LogP contribution in [0.4, 0.5) is 5.69 Å². The molecule has 0 aromatic heterocycles. The second-order valence-corrected chi connectivity index (χ2v) is 4.36. The molecule has 0 heterocycles. The Kier molecular flexibility index (Phi) is 6.08. The van der Waals surface area contributed by atoms with Gasteiger partial charge in [0.25, 0.3) is 0 Å². The maximum atomic E-state index is 10.8. The summed E-state index contributed by atoms with van der Waals surface area (Å²) in [5.41, 5.74) is -0.130. The highest BCUT2D eigenvalue weighted by molar-refractivity contribution is 6.30. The summed E-state index contributed by atoms with van der Waals surface area (Å²) in [5, 5.41) is 19.6. The van der Waals surface area contributed by atoms with Gasteiger partial charge in [-0.2, -0.15) is 0 Å². The molecule has 1 aromatic carbocycles. The highest BCUT2D eigenvalue weighted by atomic mass is 35.5. The van der Waals surface area contributed by atoms with Crippen molar-refractivity contribution < 1.29 is 19.6 Å². The van der Waals surface area contributed by atoms with Crippen LogP contribution in [0.25, 0.3) is 0 Å². The van der Waals surface area contributed by atoms with Crippen molar-refractivity contribution in [3.05, 3.63) is 33.3 Å². The first-order valence-electron chi connectivity index (χ1n) is 5.79. The number of halogens is 1. The van der Waals surface area contributed by atoms with Crippen LogP contribution >= 0.6 is 11.6 Å². The molecule has 0 spiro atoms. The van der Waals surface area contributed by atoms with Gasteiger partial charge in [-0.25, -0.2) is 0 Å². The Bertz CT molecular complexity index is 463. The van der Waals surface area contributed by atoms with Crippen LogP contribution in [0.15, 0.2) is 18.2 Å². The van der Waals surface area contributed by atoms with Gasteiger partial charge in [0, 0.05) is 23.6 Å². The summed E-state index contributed by atoms with van der Waals surface area (Å²) >= 11 is 5.75. The Morgan fingerprint density at radius 1 is 1.37 bits per heavy atom. The Morgan fingerprint density at radius 2 is 2.11 bits per heavy atom. The second-order valence-electron chi connectivity index (χ2n) is 3.92. The quantitative estimate of drug-likeness (QED) is 0.450. The number of ether oxygens (including phenoxy) is 1. The van der Waals surface area contributed by atoms with E-state index >= 15 is 0 Å². The normalized spacial score (nSPS) is 10.2. The number of carbonyl (C=O) groups is 1. The van der Waals surface area contributed by atoms with E-state index in [0.29, 0.717) is 30.9 Å². The predicted octanol–water partition coefficient (Wildman–Crippen LogP) is 3.27. The minimum atomic E-state index is -0.827. The van der Waals surface area contributed by atoms with E-state index < -0.39 is 10.9 Å². The molecule has 0 saturated carbocycles. The molecule has 0 aliphatic heterocycles. The van der Waals surface area contributed by atoms with Gasteiger partial charge in [-0.3, -0.25) is 14.9 Å². The molecule has 0 radical (unpaired) electrons. The molecule has 0 aliphatic carbocycles. The fourth-order valence-corrected chi connectivity index (χ4v) is 1.65. The lowest BCUT2D eigenvalue weighted by Crippen LogP contribution is -2.01. The summed E-state index contributed by atoms with van der Waals surface area (Å²) < 4.78 is 5.31. The molecule has 19 heavy (non-hydrogen) atoms. The SMILES string of the molecule is O=C(O)CCCCCOc1cc(Cl)ccc1[N+](=O)[O-]. The maximum absolute atomic E-state index is 10.8. The highest BCUT2D eigenvalue weighted by Gasteiger charge is 2.14. The van der Waals surface area contributed by atoms with Crippen molar-refractivity contribution in [2.45, 2.75) is 25.7 Å². The van der Waals surface area contributed by atoms with Crippen LogP contribution in [0.1, 0.15) is 25.7 Å². The zero-order chi connectivity index (χ0) is 14.3. The molecule has 0 fully saturated rings. The van der Waals surface area contributed by atoms with Gasteiger partial charge in [-0.15, -0.1) is 0 Å². The number of aliphatic carboxylic acids is 1. The van der Waals surface area contributed by atoms with Crippen molar-refractivity contribution in [2.75, 3.05) is 6.61 Å². The Labute approximate surface area is 115 Å². The monoisotopic (exact) mass is 287 g/mol. The lowest BCUT2D eigenvalue weighted by Gasteiger charge is -2.06. The molecule has 1 N–H and O–H groups in total. The van der Waals surface area contributed by atoms with E-state index in [-0.39, 0.29) is 17.9 Å². The minimum Gasteiger partial charge on any atom is -0.487 e. The van der Waals surface area contributed by atoms with Gasteiger partial charge in [-0.05, 0) is 25.3 Å². The molecule has 0 bridgehead atoms. The lowest BCUT2D eigenvalue weighted by atomic mass is 10.2. The van der Waals surface area contributed by atoms with E-state index in [2.05, 4.69) is 0 Å². The Balaban J connectivity index is 2.42. The van der Waals surface area contributed by atoms with Gasteiger partial charge in [0.1, 0.15) is 0 Å². The number of rotatable bonds is 8. The average molecular weight is 288 g/mol. The van der Waals surface area contributed by atoms with Crippen molar-refractivity contribution >= 4 is 23.3 Å². The van der Waals surface area contributed by atoms with Gasteiger partial charge in [0.2, 0.25) is 0 Å². The summed E-state index contributed by atoms with van der Waals surface area (Å²) in [6.45, 7) is 0.292. The fraction of sp³-hybridized carbons (Fsp3) is 0.417. The number of benzene rings is 1. The lowest BCUT2D eigenvalue weighted by molar-refractivity contribution is -0.385. The fourth-order valence-electron chi connectivity index (χ4n) is 1.49. The third-order valence-corrected chi connectivity index (χ3v) is 2.65. The molecule has 6 nitrogen and oxygen atoms in total. The van der Waals surface area contributed by atoms with Crippen LogP contribution in [-0.2, 0) is 4.79 Å². The molecule has 0 unspecified atom stereocenters. The zero-order valence-electron chi connectivity index (χ0n) is 10.2. The molecule has 0 amide bonds. The number of hydrogen-bond donors (Lipinski definition) is 1. The van der Waals surface area contributed by atoms with Gasteiger partial charge in [0.15, 0.2) is 5.75 Å². The number of nitro benzene ring substituents is 1. The third-order valence-electron chi connectivity index (χ3n) is 2.41. The molecular formula is C12H14ClNO5. The van der Waals surface area contributed by atoms with E-state index in [9.17, 15) is 14.9 Å². The second kappa shape index (κ2) is 7.58. The van der Waals surface area contributed by atoms with E-state index in [4.69, 9.17) is 21.4 Å². The first kappa shape index (κ1) is 15.2. The summed E-state index contributed by atoms with van der Waals surface area (Å²) in [7, 11) is 0. The van der Waals surface area contributed by atoms with E-state index in [1.165, 1.54) is 18.2 Å². The number of carboxylic acid groups (broad SMARTS) is 1. The molecule has 7 heteroatoms.